The van der Waals surface area contributed by atoms with Crippen LogP contribution in [0.4, 0.5) is 0 Å². The van der Waals surface area contributed by atoms with Gasteiger partial charge < -0.3 is 0 Å². The van der Waals surface area contributed by atoms with Crippen LogP contribution in [0.1, 0.15) is 0 Å². The van der Waals surface area contributed by atoms with Gasteiger partial charge in [0.05, 0.1) is 0 Å². The van der Waals surface area contributed by atoms with Gasteiger partial charge in [-0.15, -0.1) is 0 Å². The Kier molecular flexibility index (Phi) is 5.30. The van der Waals surface area contributed by atoms with Crippen LogP contribution in [0.3, 0.4) is 0 Å². The summed E-state index contributed by atoms with van der Waals surface area (Å²) >= 11 is -1.72. The molecule has 5 nitrogen and oxygen atoms in total. The van der Waals surface area contributed by atoms with Crippen molar-refractivity contribution in [3.63, 3.8) is 0 Å². The molecule has 0 rings (SSSR count). The van der Waals surface area contributed by atoms with Gasteiger partial charge in [-0.25, -0.2) is 0 Å². The molecular formula is C2H5HgNO4. The van der Waals surface area contributed by atoms with Gasteiger partial charge in [0.25, 0.3) is 0 Å². The number of nitrogens with zero attached hydrogens (tertiary/aromatic N) is 1. The predicted molar refractivity (Wildman–Crippen MR) is 20.0 cm³/mol. The van der Waals surface area contributed by atoms with Crippen molar-refractivity contribution in [3.05, 3.63) is 10.1 Å². The molecule has 0 aliphatic rings. The van der Waals surface area contributed by atoms with E-state index in [1.54, 1.807) is 0 Å². The van der Waals surface area contributed by atoms with Crippen LogP contribution in [0.15, 0.2) is 0 Å². The van der Waals surface area contributed by atoms with Crippen LogP contribution in [0.2, 0.25) is 3.93 Å². The van der Waals surface area contributed by atoms with Gasteiger partial charge >= 0.3 is 58.6 Å². The number of hydrogen-bond donors (Lipinski definition) is 1. The van der Waals surface area contributed by atoms with Gasteiger partial charge in [0.15, 0.2) is 0 Å². The average Bonchev–Trinajstić information content (AvgIpc) is 1.66. The van der Waals surface area contributed by atoms with Crippen molar-refractivity contribution in [1.82, 2.24) is 0 Å². The summed E-state index contributed by atoms with van der Waals surface area (Å²) < 4.78 is 4.60. The Hall–Kier alpha value is 0.0951. The molecule has 44 valence electrons. The third-order valence-corrected chi connectivity index (χ3v) is 4.38. The third kappa shape index (κ3) is 6.10. The van der Waals surface area contributed by atoms with Crippen LogP contribution >= 0.6 is 0 Å². The summed E-state index contributed by atoms with van der Waals surface area (Å²) in [5.41, 5.74) is 0. The van der Waals surface area contributed by atoms with Gasteiger partial charge in [0.1, 0.15) is 0 Å². The summed E-state index contributed by atoms with van der Waals surface area (Å²) in [6, 6.07) is 0. The van der Waals surface area contributed by atoms with Crippen LogP contribution in [0.25, 0.3) is 0 Å². The summed E-state index contributed by atoms with van der Waals surface area (Å²) in [6.07, 6.45) is 0. The van der Waals surface area contributed by atoms with Crippen molar-refractivity contribution in [2.75, 3.05) is 6.61 Å². The normalized spacial score (nSPS) is 7.62. The number of aliphatic hydroxyl groups is 1. The first-order valence-electron chi connectivity index (χ1n) is 2.15. The Morgan fingerprint density at radius 2 is 2.50 bits per heavy atom. The Labute approximate surface area is 58.8 Å². The van der Waals surface area contributed by atoms with E-state index < -0.39 is 30.1 Å². The summed E-state index contributed by atoms with van der Waals surface area (Å²) in [5.74, 6) is 0. The maximum absolute atomic E-state index is 9.43. The van der Waals surface area contributed by atoms with Crippen molar-refractivity contribution >= 4 is 0 Å². The molecule has 0 radical (unpaired) electrons. The Morgan fingerprint density at radius 3 is 2.88 bits per heavy atom. The first-order chi connectivity index (χ1) is 3.77. The van der Waals surface area contributed by atoms with E-state index in [1.165, 1.54) is 0 Å². The van der Waals surface area contributed by atoms with Crippen LogP contribution in [-0.4, -0.2) is 16.8 Å². The number of rotatable bonds is 4. The molecule has 0 atom stereocenters. The van der Waals surface area contributed by atoms with Crippen molar-refractivity contribution < 1.29 is 38.0 Å². The van der Waals surface area contributed by atoms with Gasteiger partial charge in [-0.05, 0) is 0 Å². The second kappa shape index (κ2) is 5.24. The quantitative estimate of drug-likeness (QED) is 0.332. The number of hydrogen-bond acceptors (Lipinski definition) is 4. The summed E-state index contributed by atoms with van der Waals surface area (Å²) in [6.45, 7) is 0.0232. The first-order valence-corrected chi connectivity index (χ1v) is 8.28. The second-order valence-corrected chi connectivity index (χ2v) is 6.47. The molecule has 0 saturated heterocycles. The molecule has 6 heteroatoms. The van der Waals surface area contributed by atoms with E-state index in [0.717, 1.165) is 0 Å². The molecular weight excluding hydrogens is 303 g/mol. The average molecular weight is 308 g/mol. The SMILES string of the molecule is O=[N+]([O-])[O][Hg][CH2]CO. The summed E-state index contributed by atoms with van der Waals surface area (Å²) in [7, 11) is 0. The molecule has 0 bridgehead atoms. The molecule has 0 fully saturated rings. The van der Waals surface area contributed by atoms with E-state index in [0.29, 0.717) is 3.93 Å². The van der Waals surface area contributed by atoms with Crippen molar-refractivity contribution in [2.24, 2.45) is 0 Å². The van der Waals surface area contributed by atoms with E-state index in [1.807, 2.05) is 0 Å². The van der Waals surface area contributed by atoms with Gasteiger partial charge in [0, 0.05) is 0 Å². The fraction of sp³-hybridized carbons (Fsp3) is 1.00. The van der Waals surface area contributed by atoms with Gasteiger partial charge in [0.2, 0.25) is 0 Å². The van der Waals surface area contributed by atoms with Crippen molar-refractivity contribution in [3.8, 4) is 0 Å². The van der Waals surface area contributed by atoms with Gasteiger partial charge in [-0.3, -0.25) is 0 Å². The molecule has 0 saturated carbocycles. The van der Waals surface area contributed by atoms with Crippen molar-refractivity contribution in [1.29, 1.82) is 0 Å². The van der Waals surface area contributed by atoms with Crippen LogP contribution < -0.4 is 0 Å². The minimum absolute atomic E-state index is 0.0232. The van der Waals surface area contributed by atoms with E-state index in [2.05, 4.69) is 2.75 Å². The molecule has 1 N–H and O–H groups in total. The molecule has 0 heterocycles. The van der Waals surface area contributed by atoms with Gasteiger partial charge in [-0.1, -0.05) is 0 Å². The van der Waals surface area contributed by atoms with E-state index in [4.69, 9.17) is 5.11 Å². The molecule has 0 amide bonds. The zero-order chi connectivity index (χ0) is 6.41. The second-order valence-electron chi connectivity index (χ2n) is 1.13. The molecule has 0 aromatic carbocycles. The first kappa shape index (κ1) is 8.10. The summed E-state index contributed by atoms with van der Waals surface area (Å²) in [4.78, 5) is 9.43. The monoisotopic (exact) mass is 309 g/mol. The zero-order valence-electron chi connectivity index (χ0n) is 4.24. The molecule has 0 aliphatic carbocycles. The molecule has 0 unspecified atom stereocenters. The summed E-state index contributed by atoms with van der Waals surface area (Å²) in [5, 5.41) is 16.8. The van der Waals surface area contributed by atoms with E-state index >= 15 is 0 Å². The van der Waals surface area contributed by atoms with Crippen molar-refractivity contribution in [2.45, 2.75) is 3.93 Å². The maximum atomic E-state index is 9.43. The minimum atomic E-state index is -1.72. The predicted octanol–water partition coefficient (Wildman–Crippen LogP) is -0.397. The topological polar surface area (TPSA) is 72.6 Å². The molecule has 0 aromatic rings. The van der Waals surface area contributed by atoms with Crippen LogP contribution in [-0.2, 0) is 27.8 Å². The zero-order valence-corrected chi connectivity index (χ0v) is 9.74. The van der Waals surface area contributed by atoms with Crippen LogP contribution in [0, 0.1) is 10.1 Å². The van der Waals surface area contributed by atoms with E-state index in [-0.39, 0.29) is 6.61 Å². The third-order valence-electron chi connectivity index (χ3n) is 0.499. The van der Waals surface area contributed by atoms with Gasteiger partial charge in [-0.2, -0.15) is 0 Å². The van der Waals surface area contributed by atoms with E-state index in [9.17, 15) is 10.1 Å². The van der Waals surface area contributed by atoms with Crippen LogP contribution in [0.5, 0.6) is 0 Å². The fourth-order valence-electron chi connectivity index (χ4n) is 0.204. The Bertz CT molecular complexity index is 76.4. The fourth-order valence-corrected chi connectivity index (χ4v) is 1.79. The Balaban J connectivity index is 2.82. The molecule has 0 aromatic heterocycles. The molecule has 0 spiro atoms. The standard InChI is InChI=1S/C2H5O.Hg.NO3/c1-2-3;;2-1(3)4/h3H,1-2H2;;/q;+1;-1. The number of aliphatic hydroxyl groups excluding tert-OH is 1. The molecule has 8 heavy (non-hydrogen) atoms. The molecule has 0 aliphatic heterocycles. The Morgan fingerprint density at radius 1 is 1.88 bits per heavy atom.